The number of esters is 1. The van der Waals surface area contributed by atoms with Crippen molar-refractivity contribution < 1.29 is 18.8 Å². The number of aromatic nitrogens is 2. The topological polar surface area (TPSA) is 62.6 Å². The number of methoxy groups -OCH3 is 1. The van der Waals surface area contributed by atoms with Crippen molar-refractivity contribution in [2.45, 2.75) is 57.8 Å². The summed E-state index contributed by atoms with van der Waals surface area (Å²) in [5.41, 5.74) is 0.0229. The maximum Gasteiger partial charge on any atom is 0.498 e. The Hall–Kier alpha value is -1.34. The Balaban J connectivity index is 1.96. The number of hydrogen-bond acceptors (Lipinski definition) is 5. The van der Waals surface area contributed by atoms with Crippen LogP contribution in [-0.2, 0) is 14.0 Å². The van der Waals surface area contributed by atoms with Crippen molar-refractivity contribution in [2.75, 3.05) is 7.11 Å². The summed E-state index contributed by atoms with van der Waals surface area (Å²) in [7, 11) is 0.753. The number of hydrogen-bond donors (Lipinski definition) is 0. The molecular formula is C14H21BN2O4. The fraction of sp³-hybridized carbons (Fsp3) is 0.714. The average molecular weight is 292 g/mol. The van der Waals surface area contributed by atoms with Crippen LogP contribution in [0.15, 0.2) is 6.20 Å². The van der Waals surface area contributed by atoms with Crippen LogP contribution in [0.3, 0.4) is 0 Å². The molecule has 1 aliphatic heterocycles. The van der Waals surface area contributed by atoms with Gasteiger partial charge in [-0.3, -0.25) is 4.68 Å². The van der Waals surface area contributed by atoms with Gasteiger partial charge in [0.2, 0.25) is 0 Å². The van der Waals surface area contributed by atoms with E-state index in [-0.39, 0.29) is 5.69 Å². The second-order valence-electron chi connectivity index (χ2n) is 6.72. The number of ether oxygens (including phenoxy) is 1. The highest BCUT2D eigenvalue weighted by molar-refractivity contribution is 6.63. The molecule has 0 N–H and O–H groups in total. The standard InChI is InChI=1S/C14H21BN2O4/c1-13(2)14(3,4)21-15(20-13)10-8-17(9-6-7-9)16-11(10)12(18)19-5/h8-9H,6-7H2,1-5H3. The second kappa shape index (κ2) is 4.58. The van der Waals surface area contributed by atoms with Crippen molar-refractivity contribution in [1.82, 2.24) is 9.78 Å². The molecule has 2 aliphatic rings. The van der Waals surface area contributed by atoms with Gasteiger partial charge < -0.3 is 14.0 Å². The van der Waals surface area contributed by atoms with Gasteiger partial charge in [0.05, 0.1) is 24.4 Å². The van der Waals surface area contributed by atoms with Gasteiger partial charge in [0.1, 0.15) is 0 Å². The SMILES string of the molecule is COC(=O)c1nn(C2CC2)cc1B1OC(C)(C)C(C)(C)O1. The molecule has 7 heteroatoms. The van der Waals surface area contributed by atoms with E-state index in [1.54, 1.807) is 0 Å². The van der Waals surface area contributed by atoms with E-state index in [0.717, 1.165) is 12.8 Å². The summed E-state index contributed by atoms with van der Waals surface area (Å²) in [6.07, 6.45) is 4.03. The highest BCUT2D eigenvalue weighted by Crippen LogP contribution is 2.37. The van der Waals surface area contributed by atoms with E-state index in [2.05, 4.69) is 5.10 Å². The third kappa shape index (κ3) is 2.38. The van der Waals surface area contributed by atoms with Gasteiger partial charge in [-0.25, -0.2) is 4.79 Å². The smallest absolute Gasteiger partial charge is 0.464 e. The fourth-order valence-electron chi connectivity index (χ4n) is 2.33. The monoisotopic (exact) mass is 292 g/mol. The highest BCUT2D eigenvalue weighted by Gasteiger charge is 2.53. The van der Waals surface area contributed by atoms with Crippen molar-refractivity contribution >= 4 is 18.6 Å². The Morgan fingerprint density at radius 1 is 1.33 bits per heavy atom. The van der Waals surface area contributed by atoms with Crippen LogP contribution < -0.4 is 5.46 Å². The Morgan fingerprint density at radius 2 is 1.90 bits per heavy atom. The van der Waals surface area contributed by atoms with Crippen LogP contribution >= 0.6 is 0 Å². The molecule has 114 valence electrons. The lowest BCUT2D eigenvalue weighted by Crippen LogP contribution is -2.41. The zero-order chi connectivity index (χ0) is 15.4. The van der Waals surface area contributed by atoms with Gasteiger partial charge in [-0.1, -0.05) is 0 Å². The van der Waals surface area contributed by atoms with Crippen molar-refractivity contribution in [2.24, 2.45) is 0 Å². The van der Waals surface area contributed by atoms with E-state index in [1.165, 1.54) is 7.11 Å². The van der Waals surface area contributed by atoms with Crippen molar-refractivity contribution in [3.8, 4) is 0 Å². The highest BCUT2D eigenvalue weighted by atomic mass is 16.7. The summed E-state index contributed by atoms with van der Waals surface area (Å²) >= 11 is 0. The van der Waals surface area contributed by atoms with Crippen LogP contribution in [0.25, 0.3) is 0 Å². The summed E-state index contributed by atoms with van der Waals surface area (Å²) in [4.78, 5) is 12.0. The molecule has 0 aromatic carbocycles. The Kier molecular flexibility index (Phi) is 3.18. The van der Waals surface area contributed by atoms with Crippen molar-refractivity contribution in [1.29, 1.82) is 0 Å². The predicted octanol–water partition coefficient (Wildman–Crippen LogP) is 1.30. The molecule has 1 saturated carbocycles. The normalized spacial score (nSPS) is 23.4. The van der Waals surface area contributed by atoms with Crippen LogP contribution in [0.2, 0.25) is 0 Å². The summed E-state index contributed by atoms with van der Waals surface area (Å²) < 4.78 is 18.7. The fourth-order valence-corrected chi connectivity index (χ4v) is 2.33. The molecular weight excluding hydrogens is 271 g/mol. The average Bonchev–Trinajstić information content (AvgIpc) is 3.10. The Bertz CT molecular complexity index is 562. The first-order valence-corrected chi connectivity index (χ1v) is 7.28. The van der Waals surface area contributed by atoms with Gasteiger partial charge in [0, 0.05) is 11.7 Å². The maximum atomic E-state index is 12.0. The van der Waals surface area contributed by atoms with Crippen molar-refractivity contribution in [3.63, 3.8) is 0 Å². The number of rotatable bonds is 3. The predicted molar refractivity (Wildman–Crippen MR) is 77.6 cm³/mol. The summed E-state index contributed by atoms with van der Waals surface area (Å²) in [6.45, 7) is 7.93. The minimum absolute atomic E-state index is 0.280. The molecule has 0 bridgehead atoms. The molecule has 1 aromatic rings. The van der Waals surface area contributed by atoms with E-state index >= 15 is 0 Å². The van der Waals surface area contributed by atoms with Gasteiger partial charge in [-0.15, -0.1) is 0 Å². The van der Waals surface area contributed by atoms with Gasteiger partial charge in [-0.05, 0) is 40.5 Å². The third-order valence-electron chi connectivity index (χ3n) is 4.57. The van der Waals surface area contributed by atoms with E-state index in [9.17, 15) is 4.79 Å². The molecule has 0 atom stereocenters. The van der Waals surface area contributed by atoms with Crippen LogP contribution in [0, 0.1) is 0 Å². The Labute approximate surface area is 124 Å². The molecule has 2 heterocycles. The molecule has 1 aromatic heterocycles. The molecule has 21 heavy (non-hydrogen) atoms. The lowest BCUT2D eigenvalue weighted by Gasteiger charge is -2.32. The Morgan fingerprint density at radius 3 is 2.38 bits per heavy atom. The zero-order valence-electron chi connectivity index (χ0n) is 13.2. The minimum Gasteiger partial charge on any atom is -0.464 e. The zero-order valence-corrected chi connectivity index (χ0v) is 13.2. The van der Waals surface area contributed by atoms with Crippen LogP contribution in [0.5, 0.6) is 0 Å². The van der Waals surface area contributed by atoms with Gasteiger partial charge in [0.25, 0.3) is 0 Å². The lowest BCUT2D eigenvalue weighted by molar-refractivity contribution is 0.00578. The van der Waals surface area contributed by atoms with Crippen molar-refractivity contribution in [3.05, 3.63) is 11.9 Å². The molecule has 0 unspecified atom stereocenters. The maximum absolute atomic E-state index is 12.0. The van der Waals surface area contributed by atoms with E-state index in [4.69, 9.17) is 14.0 Å². The number of nitrogens with zero attached hydrogens (tertiary/aromatic N) is 2. The largest absolute Gasteiger partial charge is 0.498 e. The van der Waals surface area contributed by atoms with Crippen LogP contribution in [0.4, 0.5) is 0 Å². The van der Waals surface area contributed by atoms with E-state index in [1.807, 2.05) is 38.6 Å². The first kappa shape index (κ1) is 14.6. The first-order chi connectivity index (χ1) is 9.75. The molecule has 0 amide bonds. The second-order valence-corrected chi connectivity index (χ2v) is 6.72. The molecule has 1 saturated heterocycles. The molecule has 0 radical (unpaired) electrons. The van der Waals surface area contributed by atoms with Gasteiger partial charge >= 0.3 is 13.1 Å². The lowest BCUT2D eigenvalue weighted by atomic mass is 9.79. The first-order valence-electron chi connectivity index (χ1n) is 7.28. The van der Waals surface area contributed by atoms with E-state index < -0.39 is 24.3 Å². The molecule has 2 fully saturated rings. The van der Waals surface area contributed by atoms with Crippen LogP contribution in [0.1, 0.15) is 57.1 Å². The van der Waals surface area contributed by atoms with Gasteiger partial charge in [0.15, 0.2) is 5.69 Å². The third-order valence-corrected chi connectivity index (χ3v) is 4.57. The summed E-state index contributed by atoms with van der Waals surface area (Å²) in [5, 5.41) is 4.37. The van der Waals surface area contributed by atoms with Crippen LogP contribution in [-0.4, -0.2) is 41.2 Å². The number of carbonyl (C=O) groups excluding carboxylic acids is 1. The number of carbonyl (C=O) groups is 1. The summed E-state index contributed by atoms with van der Waals surface area (Å²) in [5.74, 6) is -0.459. The minimum atomic E-state index is -0.600. The van der Waals surface area contributed by atoms with E-state index in [0.29, 0.717) is 11.5 Å². The molecule has 6 nitrogen and oxygen atoms in total. The molecule has 3 rings (SSSR count). The molecule has 1 aliphatic carbocycles. The van der Waals surface area contributed by atoms with Gasteiger partial charge in [-0.2, -0.15) is 5.10 Å². The summed E-state index contributed by atoms with van der Waals surface area (Å²) in [6, 6.07) is 0.379. The molecule has 0 spiro atoms. The quantitative estimate of drug-likeness (QED) is 0.621.